The molecule has 0 bridgehead atoms. The summed E-state index contributed by atoms with van der Waals surface area (Å²) in [5.74, 6) is -0.578. The van der Waals surface area contributed by atoms with Crippen LogP contribution < -0.4 is 11.1 Å². The number of piperidine rings is 1. The Hall–Kier alpha value is -3.14. The van der Waals surface area contributed by atoms with E-state index in [-0.39, 0.29) is 17.0 Å². The average molecular weight is 489 g/mol. The SMILES string of the molecule is CC(C)(C)OC(=O)N1CCC(Nc2cc(Cc3ccc(S(C)(=O)=O)cc3)ncc2C(N)=O)CC1. The molecule has 1 aromatic carbocycles. The average Bonchev–Trinajstić information content (AvgIpc) is 2.73. The molecule has 0 atom stereocenters. The molecule has 2 heterocycles. The normalized spacial score (nSPS) is 15.1. The molecule has 2 amide bonds. The first-order chi connectivity index (χ1) is 15.8. The Morgan fingerprint density at radius 2 is 1.79 bits per heavy atom. The third-order valence-corrected chi connectivity index (χ3v) is 6.60. The highest BCUT2D eigenvalue weighted by Crippen LogP contribution is 2.23. The number of aromatic nitrogens is 1. The van der Waals surface area contributed by atoms with Crippen LogP contribution in [0.4, 0.5) is 10.5 Å². The third-order valence-electron chi connectivity index (χ3n) is 5.47. The Kier molecular flexibility index (Phi) is 7.50. The Morgan fingerprint density at radius 3 is 2.32 bits per heavy atom. The molecule has 9 nitrogen and oxygen atoms in total. The van der Waals surface area contributed by atoms with Gasteiger partial charge in [0.15, 0.2) is 9.84 Å². The fourth-order valence-electron chi connectivity index (χ4n) is 3.73. The first-order valence-electron chi connectivity index (χ1n) is 11.1. The minimum atomic E-state index is -3.26. The molecule has 1 aliphatic heterocycles. The van der Waals surface area contributed by atoms with Gasteiger partial charge < -0.3 is 20.7 Å². The Bertz CT molecular complexity index is 1150. The summed E-state index contributed by atoms with van der Waals surface area (Å²) in [6, 6.07) is 8.49. The van der Waals surface area contributed by atoms with Gasteiger partial charge in [0.2, 0.25) is 0 Å². The molecule has 0 saturated carbocycles. The van der Waals surface area contributed by atoms with Gasteiger partial charge in [-0.1, -0.05) is 12.1 Å². The summed E-state index contributed by atoms with van der Waals surface area (Å²) in [6.07, 6.45) is 4.17. The van der Waals surface area contributed by atoms with E-state index in [1.54, 1.807) is 35.2 Å². The molecule has 1 aliphatic rings. The third kappa shape index (κ3) is 6.93. The molecule has 0 aliphatic carbocycles. The number of sulfone groups is 1. The highest BCUT2D eigenvalue weighted by atomic mass is 32.2. The summed E-state index contributed by atoms with van der Waals surface area (Å²) in [5.41, 5.74) is 7.52. The van der Waals surface area contributed by atoms with Crippen molar-refractivity contribution in [3.05, 3.63) is 53.3 Å². The quantitative estimate of drug-likeness (QED) is 0.639. The fourth-order valence-corrected chi connectivity index (χ4v) is 4.36. The van der Waals surface area contributed by atoms with Gasteiger partial charge in [-0.05, 0) is 57.4 Å². The molecule has 1 fully saturated rings. The summed E-state index contributed by atoms with van der Waals surface area (Å²) in [4.78, 5) is 30.6. The molecule has 1 aromatic heterocycles. The number of carbonyl (C=O) groups excluding carboxylic acids is 2. The molecule has 0 unspecified atom stereocenters. The number of hydrogen-bond donors (Lipinski definition) is 2. The van der Waals surface area contributed by atoms with E-state index >= 15 is 0 Å². The van der Waals surface area contributed by atoms with E-state index < -0.39 is 21.3 Å². The maximum Gasteiger partial charge on any atom is 0.410 e. The lowest BCUT2D eigenvalue weighted by Crippen LogP contribution is -2.44. The van der Waals surface area contributed by atoms with Gasteiger partial charge in [-0.3, -0.25) is 9.78 Å². The van der Waals surface area contributed by atoms with Crippen molar-refractivity contribution >= 4 is 27.5 Å². The second-order valence-electron chi connectivity index (χ2n) is 9.56. The van der Waals surface area contributed by atoms with E-state index in [0.29, 0.717) is 49.3 Å². The van der Waals surface area contributed by atoms with Crippen LogP contribution in [0.1, 0.15) is 55.2 Å². The summed E-state index contributed by atoms with van der Waals surface area (Å²) >= 11 is 0. The van der Waals surface area contributed by atoms with Gasteiger partial charge in [0.1, 0.15) is 5.60 Å². The Labute approximate surface area is 200 Å². The fraction of sp³-hybridized carbons (Fsp3) is 0.458. The molecule has 1 saturated heterocycles. The number of nitrogens with one attached hydrogen (secondary N) is 1. The molecular weight excluding hydrogens is 456 g/mol. The first kappa shape index (κ1) is 25.5. The lowest BCUT2D eigenvalue weighted by Gasteiger charge is -2.34. The molecule has 10 heteroatoms. The second kappa shape index (κ2) is 10.0. The zero-order valence-corrected chi connectivity index (χ0v) is 20.8. The standard InChI is InChI=1S/C24H32N4O5S/c1-24(2,3)33-23(30)28-11-9-17(10-12-28)27-21-14-18(26-15-20(21)22(25)29)13-16-5-7-19(8-6-16)34(4,31)32/h5-8,14-15,17H,9-13H2,1-4H3,(H2,25,29)(H,26,27). The largest absolute Gasteiger partial charge is 0.444 e. The van der Waals surface area contributed by atoms with E-state index in [4.69, 9.17) is 10.5 Å². The van der Waals surface area contributed by atoms with Crippen LogP contribution in [0, 0.1) is 0 Å². The minimum absolute atomic E-state index is 0.0566. The van der Waals surface area contributed by atoms with Crippen molar-refractivity contribution in [3.8, 4) is 0 Å². The number of nitrogens with zero attached hydrogens (tertiary/aromatic N) is 2. The molecule has 184 valence electrons. The van der Waals surface area contributed by atoms with Crippen molar-refractivity contribution in [3.63, 3.8) is 0 Å². The lowest BCUT2D eigenvalue weighted by molar-refractivity contribution is 0.0210. The lowest BCUT2D eigenvalue weighted by atomic mass is 10.0. The van der Waals surface area contributed by atoms with Gasteiger partial charge in [0.25, 0.3) is 5.91 Å². The van der Waals surface area contributed by atoms with Gasteiger partial charge in [-0.25, -0.2) is 13.2 Å². The van der Waals surface area contributed by atoms with E-state index in [1.807, 2.05) is 20.8 Å². The number of anilines is 1. The predicted octanol–water partition coefficient (Wildman–Crippen LogP) is 2.99. The molecule has 0 radical (unpaired) electrons. The van der Waals surface area contributed by atoms with E-state index in [1.165, 1.54) is 12.5 Å². The van der Waals surface area contributed by atoms with Crippen molar-refractivity contribution in [2.75, 3.05) is 24.7 Å². The minimum Gasteiger partial charge on any atom is -0.444 e. The zero-order valence-electron chi connectivity index (χ0n) is 20.0. The van der Waals surface area contributed by atoms with Crippen LogP contribution in [0.15, 0.2) is 41.4 Å². The number of pyridine rings is 1. The van der Waals surface area contributed by atoms with E-state index in [9.17, 15) is 18.0 Å². The van der Waals surface area contributed by atoms with E-state index in [0.717, 1.165) is 5.56 Å². The van der Waals surface area contributed by atoms with Crippen LogP contribution in [-0.4, -0.2) is 61.3 Å². The highest BCUT2D eigenvalue weighted by molar-refractivity contribution is 7.90. The second-order valence-corrected chi connectivity index (χ2v) is 11.6. The van der Waals surface area contributed by atoms with Gasteiger partial charge in [0, 0.05) is 43.7 Å². The van der Waals surface area contributed by atoms with Crippen LogP contribution in [0.25, 0.3) is 0 Å². The van der Waals surface area contributed by atoms with Crippen LogP contribution in [-0.2, 0) is 21.0 Å². The highest BCUT2D eigenvalue weighted by Gasteiger charge is 2.27. The van der Waals surface area contributed by atoms with Crippen LogP contribution in [0.5, 0.6) is 0 Å². The molecular formula is C24H32N4O5S. The van der Waals surface area contributed by atoms with Gasteiger partial charge in [-0.15, -0.1) is 0 Å². The van der Waals surface area contributed by atoms with Crippen molar-refractivity contribution in [2.45, 2.75) is 56.6 Å². The van der Waals surface area contributed by atoms with Crippen molar-refractivity contribution in [2.24, 2.45) is 5.73 Å². The van der Waals surface area contributed by atoms with Gasteiger partial charge >= 0.3 is 6.09 Å². The number of hydrogen-bond acceptors (Lipinski definition) is 7. The van der Waals surface area contributed by atoms with Crippen LogP contribution >= 0.6 is 0 Å². The maximum absolute atomic E-state index is 12.3. The van der Waals surface area contributed by atoms with Crippen molar-refractivity contribution in [1.82, 2.24) is 9.88 Å². The first-order valence-corrected chi connectivity index (χ1v) is 13.0. The van der Waals surface area contributed by atoms with Crippen LogP contribution in [0.3, 0.4) is 0 Å². The summed E-state index contributed by atoms with van der Waals surface area (Å²) in [6.45, 7) is 6.61. The Balaban J connectivity index is 1.69. The molecule has 34 heavy (non-hydrogen) atoms. The topological polar surface area (TPSA) is 132 Å². The number of rotatable bonds is 6. The van der Waals surface area contributed by atoms with Crippen molar-refractivity contribution in [1.29, 1.82) is 0 Å². The molecule has 2 aromatic rings. The predicted molar refractivity (Wildman–Crippen MR) is 130 cm³/mol. The number of amides is 2. The van der Waals surface area contributed by atoms with E-state index in [2.05, 4.69) is 10.3 Å². The monoisotopic (exact) mass is 488 g/mol. The number of ether oxygens (including phenoxy) is 1. The van der Waals surface area contributed by atoms with Gasteiger partial charge in [0.05, 0.1) is 16.1 Å². The zero-order chi connectivity index (χ0) is 25.1. The van der Waals surface area contributed by atoms with Crippen LogP contribution in [0.2, 0.25) is 0 Å². The maximum atomic E-state index is 12.3. The number of benzene rings is 1. The molecule has 0 spiro atoms. The van der Waals surface area contributed by atoms with Crippen molar-refractivity contribution < 1.29 is 22.7 Å². The number of primary amides is 1. The number of carbonyl (C=O) groups is 2. The smallest absolute Gasteiger partial charge is 0.410 e. The Morgan fingerprint density at radius 1 is 1.18 bits per heavy atom. The summed E-state index contributed by atoms with van der Waals surface area (Å²) in [5, 5.41) is 3.39. The number of likely N-dealkylation sites (tertiary alicyclic amines) is 1. The number of nitrogens with two attached hydrogens (primary N) is 1. The summed E-state index contributed by atoms with van der Waals surface area (Å²) in [7, 11) is -3.26. The van der Waals surface area contributed by atoms with Gasteiger partial charge in [-0.2, -0.15) is 0 Å². The molecule has 3 rings (SSSR count). The summed E-state index contributed by atoms with van der Waals surface area (Å²) < 4.78 is 28.8. The molecule has 3 N–H and O–H groups in total.